The van der Waals surface area contributed by atoms with Gasteiger partial charge >= 0.3 is 0 Å². The van der Waals surface area contributed by atoms with Crippen LogP contribution in [0.3, 0.4) is 0 Å². The Morgan fingerprint density at radius 2 is 2.10 bits per heavy atom. The summed E-state index contributed by atoms with van der Waals surface area (Å²) in [4.78, 5) is 16.5. The summed E-state index contributed by atoms with van der Waals surface area (Å²) in [5.74, 6) is 0.154. The van der Waals surface area contributed by atoms with Crippen molar-refractivity contribution in [2.24, 2.45) is 0 Å². The highest BCUT2D eigenvalue weighted by Crippen LogP contribution is 2.16. The Balaban J connectivity index is 1.93. The Bertz CT molecular complexity index is 436. The second-order valence-corrected chi connectivity index (χ2v) is 5.70. The molecule has 1 aromatic carbocycles. The highest BCUT2D eigenvalue weighted by molar-refractivity contribution is 5.78. The molecule has 116 valence electrons. The lowest BCUT2D eigenvalue weighted by molar-refractivity contribution is -0.134. The van der Waals surface area contributed by atoms with Gasteiger partial charge in [0.25, 0.3) is 0 Å². The number of rotatable bonds is 6. The summed E-state index contributed by atoms with van der Waals surface area (Å²) in [5, 5.41) is 9.44. The maximum absolute atomic E-state index is 12.5. The maximum Gasteiger partial charge on any atom is 0.237 e. The van der Waals surface area contributed by atoms with Crippen molar-refractivity contribution in [1.29, 1.82) is 0 Å². The van der Waals surface area contributed by atoms with Crippen molar-refractivity contribution >= 4 is 5.91 Å². The van der Waals surface area contributed by atoms with Gasteiger partial charge in [-0.1, -0.05) is 36.8 Å². The van der Waals surface area contributed by atoms with E-state index in [2.05, 4.69) is 4.90 Å². The highest BCUT2D eigenvalue weighted by Gasteiger charge is 2.25. The van der Waals surface area contributed by atoms with E-state index < -0.39 is 0 Å². The molecule has 0 radical (unpaired) electrons. The molecule has 1 aliphatic heterocycles. The topological polar surface area (TPSA) is 43.8 Å². The van der Waals surface area contributed by atoms with Crippen molar-refractivity contribution in [3.05, 3.63) is 35.9 Å². The number of likely N-dealkylation sites (tertiary alicyclic amines) is 1. The van der Waals surface area contributed by atoms with Gasteiger partial charge in [-0.05, 0) is 31.9 Å². The molecular weight excluding hydrogens is 264 g/mol. The summed E-state index contributed by atoms with van der Waals surface area (Å²) in [5.41, 5.74) is 1.16. The van der Waals surface area contributed by atoms with Gasteiger partial charge in [0.15, 0.2) is 0 Å². The molecule has 1 heterocycles. The third kappa shape index (κ3) is 4.55. The average molecular weight is 290 g/mol. The van der Waals surface area contributed by atoms with E-state index in [1.165, 1.54) is 0 Å². The van der Waals surface area contributed by atoms with Crippen molar-refractivity contribution in [2.75, 3.05) is 26.2 Å². The van der Waals surface area contributed by atoms with E-state index in [4.69, 9.17) is 0 Å². The number of piperidine rings is 1. The Morgan fingerprint density at radius 1 is 1.33 bits per heavy atom. The third-order valence-electron chi connectivity index (χ3n) is 4.25. The second kappa shape index (κ2) is 8.15. The van der Waals surface area contributed by atoms with E-state index >= 15 is 0 Å². The van der Waals surface area contributed by atoms with E-state index in [0.717, 1.165) is 31.4 Å². The fraction of sp³-hybridized carbons (Fsp3) is 0.588. The fourth-order valence-electron chi connectivity index (χ4n) is 2.93. The van der Waals surface area contributed by atoms with Gasteiger partial charge in [0, 0.05) is 19.1 Å². The smallest absolute Gasteiger partial charge is 0.237 e. The van der Waals surface area contributed by atoms with Crippen LogP contribution < -0.4 is 0 Å². The van der Waals surface area contributed by atoms with Crippen LogP contribution in [-0.4, -0.2) is 53.1 Å². The minimum absolute atomic E-state index is 0.151. The molecule has 0 aliphatic carbocycles. The van der Waals surface area contributed by atoms with Crippen LogP contribution in [0.2, 0.25) is 0 Å². The standard InChI is InChI=1S/C17H26N2O2/c1-2-18(12-15-8-4-3-5-9-15)17(21)13-19-11-7-6-10-16(19)14-20/h3-5,8-9,16,20H,2,6-7,10-14H2,1H3. The average Bonchev–Trinajstić information content (AvgIpc) is 2.54. The largest absolute Gasteiger partial charge is 0.395 e. The quantitative estimate of drug-likeness (QED) is 0.870. The molecule has 1 unspecified atom stereocenters. The number of amides is 1. The molecule has 4 heteroatoms. The predicted molar refractivity (Wildman–Crippen MR) is 83.8 cm³/mol. The lowest BCUT2D eigenvalue weighted by Crippen LogP contribution is -2.48. The van der Waals surface area contributed by atoms with E-state index in [1.54, 1.807) is 0 Å². The van der Waals surface area contributed by atoms with Gasteiger partial charge in [-0.2, -0.15) is 0 Å². The van der Waals surface area contributed by atoms with Gasteiger partial charge < -0.3 is 10.0 Å². The normalized spacial score (nSPS) is 19.4. The van der Waals surface area contributed by atoms with Crippen LogP contribution in [0.15, 0.2) is 30.3 Å². The van der Waals surface area contributed by atoms with Crippen LogP contribution in [0.25, 0.3) is 0 Å². The van der Waals surface area contributed by atoms with Crippen molar-refractivity contribution < 1.29 is 9.90 Å². The summed E-state index contributed by atoms with van der Waals surface area (Å²) in [6, 6.07) is 10.2. The van der Waals surface area contributed by atoms with Crippen LogP contribution in [0.5, 0.6) is 0 Å². The molecule has 0 aromatic heterocycles. The first-order valence-electron chi connectivity index (χ1n) is 7.91. The first kappa shape index (κ1) is 16.0. The first-order chi connectivity index (χ1) is 10.2. The summed E-state index contributed by atoms with van der Waals surface area (Å²) in [7, 11) is 0. The molecular formula is C17H26N2O2. The number of hydrogen-bond donors (Lipinski definition) is 1. The number of hydrogen-bond acceptors (Lipinski definition) is 3. The van der Waals surface area contributed by atoms with Crippen molar-refractivity contribution in [1.82, 2.24) is 9.80 Å². The van der Waals surface area contributed by atoms with Crippen LogP contribution in [0, 0.1) is 0 Å². The number of benzene rings is 1. The fourth-order valence-corrected chi connectivity index (χ4v) is 2.93. The minimum atomic E-state index is 0.151. The molecule has 1 saturated heterocycles. The molecule has 1 aromatic rings. The molecule has 21 heavy (non-hydrogen) atoms. The molecule has 1 N–H and O–H groups in total. The SMILES string of the molecule is CCN(Cc1ccccc1)C(=O)CN1CCCCC1CO. The number of likely N-dealkylation sites (N-methyl/N-ethyl adjacent to an activating group) is 1. The highest BCUT2D eigenvalue weighted by atomic mass is 16.3. The van der Waals surface area contributed by atoms with Crippen LogP contribution in [0.1, 0.15) is 31.7 Å². The Kier molecular flexibility index (Phi) is 6.21. The van der Waals surface area contributed by atoms with Crippen molar-refractivity contribution in [3.63, 3.8) is 0 Å². The minimum Gasteiger partial charge on any atom is -0.395 e. The van der Waals surface area contributed by atoms with E-state index in [1.807, 2.05) is 42.2 Å². The molecule has 0 bridgehead atoms. The zero-order valence-electron chi connectivity index (χ0n) is 12.9. The predicted octanol–water partition coefficient (Wildman–Crippen LogP) is 1.88. The number of aliphatic hydroxyl groups is 1. The molecule has 2 rings (SSSR count). The van der Waals surface area contributed by atoms with E-state index in [9.17, 15) is 9.90 Å². The first-order valence-corrected chi connectivity index (χ1v) is 7.91. The molecule has 4 nitrogen and oxygen atoms in total. The number of nitrogens with zero attached hydrogens (tertiary/aromatic N) is 2. The van der Waals surface area contributed by atoms with Gasteiger partial charge in [0.2, 0.25) is 5.91 Å². The van der Waals surface area contributed by atoms with Gasteiger partial charge in [-0.3, -0.25) is 9.69 Å². The molecule has 1 aliphatic rings. The maximum atomic E-state index is 12.5. The molecule has 0 saturated carbocycles. The van der Waals surface area contributed by atoms with Gasteiger partial charge in [0.1, 0.15) is 0 Å². The lowest BCUT2D eigenvalue weighted by atomic mass is 10.0. The van der Waals surface area contributed by atoms with Crippen LogP contribution in [0.4, 0.5) is 0 Å². The summed E-state index contributed by atoms with van der Waals surface area (Å²) < 4.78 is 0. The summed E-state index contributed by atoms with van der Waals surface area (Å²) in [6.07, 6.45) is 3.26. The summed E-state index contributed by atoms with van der Waals surface area (Å²) >= 11 is 0. The zero-order valence-corrected chi connectivity index (χ0v) is 12.9. The number of carbonyl (C=O) groups excluding carboxylic acids is 1. The van der Waals surface area contributed by atoms with Gasteiger partial charge in [0.05, 0.1) is 13.2 Å². The monoisotopic (exact) mass is 290 g/mol. The Morgan fingerprint density at radius 3 is 2.76 bits per heavy atom. The Hall–Kier alpha value is -1.39. The third-order valence-corrected chi connectivity index (χ3v) is 4.25. The van der Waals surface area contributed by atoms with Crippen molar-refractivity contribution in [3.8, 4) is 0 Å². The van der Waals surface area contributed by atoms with E-state index in [0.29, 0.717) is 19.6 Å². The number of carbonyl (C=O) groups is 1. The lowest BCUT2D eigenvalue weighted by Gasteiger charge is -2.35. The summed E-state index contributed by atoms with van der Waals surface area (Å²) in [6.45, 7) is 4.88. The second-order valence-electron chi connectivity index (χ2n) is 5.70. The molecule has 1 atom stereocenters. The van der Waals surface area contributed by atoms with Crippen LogP contribution >= 0.6 is 0 Å². The van der Waals surface area contributed by atoms with Gasteiger partial charge in [-0.15, -0.1) is 0 Å². The Labute approximate surface area is 127 Å². The van der Waals surface area contributed by atoms with Crippen molar-refractivity contribution in [2.45, 2.75) is 38.8 Å². The van der Waals surface area contributed by atoms with Crippen LogP contribution in [-0.2, 0) is 11.3 Å². The molecule has 1 amide bonds. The molecule has 1 fully saturated rings. The van der Waals surface area contributed by atoms with Gasteiger partial charge in [-0.25, -0.2) is 0 Å². The molecule has 0 spiro atoms. The number of aliphatic hydroxyl groups excluding tert-OH is 1. The van der Waals surface area contributed by atoms with E-state index in [-0.39, 0.29) is 18.6 Å². The zero-order chi connectivity index (χ0) is 15.1.